The average molecular weight is 603 g/mol. The Balaban J connectivity index is 0.000000178. The Morgan fingerprint density at radius 2 is 1.11 bits per heavy atom. The highest BCUT2D eigenvalue weighted by atomic mass is 16.5. The predicted octanol–water partition coefficient (Wildman–Crippen LogP) is 5.94. The van der Waals surface area contributed by atoms with Gasteiger partial charge in [-0.1, -0.05) is 12.1 Å². The van der Waals surface area contributed by atoms with Crippen LogP contribution in [0.25, 0.3) is 21.8 Å². The second-order valence-electron chi connectivity index (χ2n) is 10.0. The Hall–Kier alpha value is -5.90. The second kappa shape index (κ2) is 14.0. The lowest BCUT2D eigenvalue weighted by Gasteiger charge is -2.06. The minimum absolute atomic E-state index is 0.245. The molecule has 4 heterocycles. The van der Waals surface area contributed by atoms with Gasteiger partial charge in [0.15, 0.2) is 0 Å². The molecule has 0 saturated heterocycles. The van der Waals surface area contributed by atoms with Gasteiger partial charge in [0, 0.05) is 47.4 Å². The molecule has 6 aromatic rings. The van der Waals surface area contributed by atoms with E-state index in [-0.39, 0.29) is 11.5 Å². The number of pyridine rings is 4. The summed E-state index contributed by atoms with van der Waals surface area (Å²) in [6, 6.07) is 22.3. The second-order valence-corrected chi connectivity index (χ2v) is 10.0. The highest BCUT2D eigenvalue weighted by Crippen LogP contribution is 2.22. The van der Waals surface area contributed by atoms with Crippen molar-refractivity contribution < 1.29 is 28.9 Å². The molecule has 4 aromatic heterocycles. The van der Waals surface area contributed by atoms with Crippen LogP contribution in [0.15, 0.2) is 97.6 Å². The van der Waals surface area contributed by atoms with Crippen molar-refractivity contribution in [2.45, 2.75) is 12.8 Å². The number of rotatable bonds is 8. The SMILES string of the molecule is COC(=O)c1ccnc(Cc2ccc3ncc(OC)cc3c2)c1.COc1cnc2ccc(Cc3cc(C(=O)O)ccn3)cc2c1. The maximum atomic E-state index is 11.6. The van der Waals surface area contributed by atoms with Crippen molar-refractivity contribution in [1.29, 1.82) is 0 Å². The summed E-state index contributed by atoms with van der Waals surface area (Å²) in [5.41, 5.74) is 6.19. The molecule has 0 atom stereocenters. The van der Waals surface area contributed by atoms with E-state index in [9.17, 15) is 9.59 Å². The highest BCUT2D eigenvalue weighted by molar-refractivity contribution is 5.89. The molecule has 6 rings (SSSR count). The van der Waals surface area contributed by atoms with Gasteiger partial charge in [-0.15, -0.1) is 0 Å². The third kappa shape index (κ3) is 7.74. The average Bonchev–Trinajstić information content (AvgIpc) is 3.07. The van der Waals surface area contributed by atoms with E-state index in [0.29, 0.717) is 24.2 Å². The molecule has 10 heteroatoms. The number of nitrogens with zero attached hydrogens (tertiary/aromatic N) is 4. The molecular formula is C35H30N4O6. The molecule has 0 aliphatic rings. The van der Waals surface area contributed by atoms with Gasteiger partial charge in [0.2, 0.25) is 0 Å². The molecule has 0 saturated carbocycles. The number of hydrogen-bond acceptors (Lipinski definition) is 9. The number of aromatic nitrogens is 4. The van der Waals surface area contributed by atoms with Crippen molar-refractivity contribution in [3.05, 3.63) is 131 Å². The molecular weight excluding hydrogens is 572 g/mol. The van der Waals surface area contributed by atoms with Gasteiger partial charge >= 0.3 is 11.9 Å². The molecule has 0 aliphatic heterocycles. The largest absolute Gasteiger partial charge is 0.495 e. The first-order valence-electron chi connectivity index (χ1n) is 13.9. The van der Waals surface area contributed by atoms with E-state index in [0.717, 1.165) is 50.1 Å². The summed E-state index contributed by atoms with van der Waals surface area (Å²) in [6.45, 7) is 0. The summed E-state index contributed by atoms with van der Waals surface area (Å²) < 4.78 is 15.1. The fraction of sp³-hybridized carbons (Fsp3) is 0.143. The standard InChI is InChI=1S/C18H16N2O3.C17H14N2O3/c1-22-16-10-14-7-12(3-4-17(14)20-11-16)8-15-9-13(5-6-19-15)18(21)23-2;1-22-15-9-13-6-11(2-3-16(13)19-10-15)7-14-8-12(17(20)21)4-5-18-14/h3-7,9-11H,8H2,1-2H3;2-6,8-10H,7H2,1H3,(H,20,21). The first kappa shape index (κ1) is 30.6. The maximum Gasteiger partial charge on any atom is 0.337 e. The van der Waals surface area contributed by atoms with Crippen molar-refractivity contribution >= 4 is 33.7 Å². The van der Waals surface area contributed by atoms with Gasteiger partial charge < -0.3 is 19.3 Å². The summed E-state index contributed by atoms with van der Waals surface area (Å²) in [4.78, 5) is 39.8. The number of methoxy groups -OCH3 is 3. The molecule has 0 aliphatic carbocycles. The molecule has 2 aromatic carbocycles. The topological polar surface area (TPSA) is 134 Å². The lowest BCUT2D eigenvalue weighted by atomic mass is 10.1. The van der Waals surface area contributed by atoms with E-state index in [1.807, 2.05) is 42.5 Å². The Morgan fingerprint density at radius 3 is 1.58 bits per heavy atom. The van der Waals surface area contributed by atoms with Crippen LogP contribution in [-0.4, -0.2) is 58.3 Å². The predicted molar refractivity (Wildman–Crippen MR) is 169 cm³/mol. The van der Waals surface area contributed by atoms with Crippen molar-refractivity contribution in [1.82, 2.24) is 19.9 Å². The van der Waals surface area contributed by atoms with Crippen LogP contribution < -0.4 is 9.47 Å². The van der Waals surface area contributed by atoms with Gasteiger partial charge in [-0.2, -0.15) is 0 Å². The summed E-state index contributed by atoms with van der Waals surface area (Å²) in [5, 5.41) is 11.0. The van der Waals surface area contributed by atoms with Gasteiger partial charge in [-0.25, -0.2) is 9.59 Å². The summed E-state index contributed by atoms with van der Waals surface area (Å²) in [5.74, 6) is 0.119. The van der Waals surface area contributed by atoms with Crippen LogP contribution in [0.4, 0.5) is 0 Å². The van der Waals surface area contributed by atoms with Crippen LogP contribution in [-0.2, 0) is 17.6 Å². The first-order chi connectivity index (χ1) is 21.8. The lowest BCUT2D eigenvalue weighted by Crippen LogP contribution is -2.03. The van der Waals surface area contributed by atoms with E-state index in [1.165, 1.54) is 19.4 Å². The third-order valence-electron chi connectivity index (χ3n) is 6.98. The molecule has 0 amide bonds. The quantitative estimate of drug-likeness (QED) is 0.209. The van der Waals surface area contributed by atoms with Crippen molar-refractivity contribution in [2.75, 3.05) is 21.3 Å². The van der Waals surface area contributed by atoms with Crippen LogP contribution in [0.5, 0.6) is 11.5 Å². The minimum Gasteiger partial charge on any atom is -0.495 e. The van der Waals surface area contributed by atoms with Gasteiger partial charge in [0.1, 0.15) is 11.5 Å². The number of carboxylic acid groups (broad SMARTS) is 1. The molecule has 0 radical (unpaired) electrons. The van der Waals surface area contributed by atoms with Crippen LogP contribution >= 0.6 is 0 Å². The summed E-state index contributed by atoms with van der Waals surface area (Å²) in [6.07, 6.45) is 7.70. The molecule has 45 heavy (non-hydrogen) atoms. The third-order valence-corrected chi connectivity index (χ3v) is 6.98. The van der Waals surface area contributed by atoms with E-state index < -0.39 is 5.97 Å². The number of carbonyl (C=O) groups excluding carboxylic acids is 1. The van der Waals surface area contributed by atoms with E-state index >= 15 is 0 Å². The number of benzene rings is 2. The fourth-order valence-corrected chi connectivity index (χ4v) is 4.71. The Bertz CT molecular complexity index is 2000. The number of fused-ring (bicyclic) bond motifs is 2. The monoisotopic (exact) mass is 602 g/mol. The Labute approximate surface area is 259 Å². The van der Waals surface area contributed by atoms with Crippen LogP contribution in [0.1, 0.15) is 43.2 Å². The van der Waals surface area contributed by atoms with E-state index in [2.05, 4.69) is 26.0 Å². The zero-order valence-electron chi connectivity index (χ0n) is 24.9. The minimum atomic E-state index is -0.948. The molecule has 0 fully saturated rings. The molecule has 226 valence electrons. The van der Waals surface area contributed by atoms with Gasteiger partial charge in [-0.3, -0.25) is 19.9 Å². The van der Waals surface area contributed by atoms with Gasteiger partial charge in [0.25, 0.3) is 0 Å². The first-order valence-corrected chi connectivity index (χ1v) is 13.9. The van der Waals surface area contributed by atoms with Crippen molar-refractivity contribution in [2.24, 2.45) is 0 Å². The number of carbonyl (C=O) groups is 2. The number of esters is 1. The Kier molecular flexibility index (Phi) is 9.54. The van der Waals surface area contributed by atoms with Crippen molar-refractivity contribution in [3.63, 3.8) is 0 Å². The van der Waals surface area contributed by atoms with E-state index in [1.54, 1.807) is 51.0 Å². The number of hydrogen-bond donors (Lipinski definition) is 1. The normalized spacial score (nSPS) is 10.6. The van der Waals surface area contributed by atoms with Gasteiger partial charge in [-0.05, 0) is 71.8 Å². The van der Waals surface area contributed by atoms with Crippen LogP contribution in [0.3, 0.4) is 0 Å². The van der Waals surface area contributed by atoms with E-state index in [4.69, 9.17) is 19.3 Å². The summed E-state index contributed by atoms with van der Waals surface area (Å²) >= 11 is 0. The molecule has 0 unspecified atom stereocenters. The maximum absolute atomic E-state index is 11.6. The smallest absolute Gasteiger partial charge is 0.337 e. The zero-order chi connectivity index (χ0) is 31.8. The number of carboxylic acids is 1. The number of ether oxygens (including phenoxy) is 3. The van der Waals surface area contributed by atoms with Gasteiger partial charge in [0.05, 0.1) is 55.9 Å². The van der Waals surface area contributed by atoms with Crippen LogP contribution in [0.2, 0.25) is 0 Å². The van der Waals surface area contributed by atoms with Crippen molar-refractivity contribution in [3.8, 4) is 11.5 Å². The molecule has 0 bridgehead atoms. The summed E-state index contributed by atoms with van der Waals surface area (Å²) in [7, 11) is 4.59. The molecule has 10 nitrogen and oxygen atoms in total. The number of aromatic carboxylic acids is 1. The van der Waals surface area contributed by atoms with Crippen LogP contribution in [0, 0.1) is 0 Å². The molecule has 1 N–H and O–H groups in total. The highest BCUT2D eigenvalue weighted by Gasteiger charge is 2.09. The zero-order valence-corrected chi connectivity index (χ0v) is 24.9. The Morgan fingerprint density at radius 1 is 0.622 bits per heavy atom. The molecule has 0 spiro atoms. The fourth-order valence-electron chi connectivity index (χ4n) is 4.71. The lowest BCUT2D eigenvalue weighted by molar-refractivity contribution is 0.0599.